The van der Waals surface area contributed by atoms with E-state index >= 15 is 0 Å². The highest BCUT2D eigenvalue weighted by Crippen LogP contribution is 2.44. The minimum atomic E-state index is 0.371. The molecule has 0 aromatic heterocycles. The Bertz CT molecular complexity index is 384. The topological polar surface area (TPSA) is 21.3 Å². The van der Waals surface area contributed by atoms with Crippen LogP contribution in [0.15, 0.2) is 30.4 Å². The molecule has 3 rings (SSSR count). The van der Waals surface area contributed by atoms with E-state index in [2.05, 4.69) is 23.5 Å². The number of hydrogen-bond acceptors (Lipinski definition) is 2. The maximum absolute atomic E-state index is 5.34. The Morgan fingerprint density at radius 1 is 1.23 bits per heavy atom. The molecule has 0 saturated heterocycles. The molecule has 2 unspecified atom stereocenters. The summed E-state index contributed by atoms with van der Waals surface area (Å²) < 4.78 is 5.34. The van der Waals surface area contributed by atoms with Crippen molar-refractivity contribution in [1.82, 2.24) is 5.32 Å². The highest BCUT2D eigenvalue weighted by Gasteiger charge is 2.33. The summed E-state index contributed by atoms with van der Waals surface area (Å²) in [6.07, 6.45) is 4.42. The fourth-order valence-electron chi connectivity index (χ4n) is 2.24. The number of hydrogen-bond donors (Lipinski definition) is 1. The summed E-state index contributed by atoms with van der Waals surface area (Å²) in [4.78, 5) is 0. The number of ether oxygens (including phenoxy) is 1. The van der Waals surface area contributed by atoms with Gasteiger partial charge in [-0.3, -0.25) is 5.32 Å². The first-order chi connectivity index (χ1) is 6.40. The third-order valence-corrected chi connectivity index (χ3v) is 2.82. The summed E-state index contributed by atoms with van der Waals surface area (Å²) >= 11 is 0. The van der Waals surface area contributed by atoms with Crippen LogP contribution in [0.4, 0.5) is 0 Å². The maximum Gasteiger partial charge on any atom is 0.124 e. The summed E-state index contributed by atoms with van der Waals surface area (Å²) in [7, 11) is 1.73. The van der Waals surface area contributed by atoms with Crippen molar-refractivity contribution in [2.45, 2.75) is 12.1 Å². The van der Waals surface area contributed by atoms with E-state index in [1.54, 1.807) is 7.11 Å². The van der Waals surface area contributed by atoms with Gasteiger partial charge in [-0.15, -0.1) is 0 Å². The maximum atomic E-state index is 5.34. The smallest absolute Gasteiger partial charge is 0.124 e. The van der Waals surface area contributed by atoms with Gasteiger partial charge in [0.1, 0.15) is 5.75 Å². The Morgan fingerprint density at radius 2 is 2.08 bits per heavy atom. The van der Waals surface area contributed by atoms with E-state index < -0.39 is 0 Å². The highest BCUT2D eigenvalue weighted by molar-refractivity contribution is 5.53. The predicted octanol–water partition coefficient (Wildman–Crippen LogP) is 1.95. The second kappa shape index (κ2) is 2.36. The van der Waals surface area contributed by atoms with E-state index in [1.807, 2.05) is 12.1 Å². The van der Waals surface area contributed by atoms with Gasteiger partial charge in [-0.2, -0.15) is 0 Å². The number of nitrogens with one attached hydrogen (secondary N) is 1. The normalized spacial score (nSPS) is 27.8. The minimum Gasteiger partial charge on any atom is -0.496 e. The van der Waals surface area contributed by atoms with Crippen LogP contribution in [0.3, 0.4) is 0 Å². The molecule has 0 saturated carbocycles. The molecule has 2 atom stereocenters. The van der Waals surface area contributed by atoms with Crippen molar-refractivity contribution in [2.75, 3.05) is 7.11 Å². The monoisotopic (exact) mass is 173 g/mol. The van der Waals surface area contributed by atoms with Gasteiger partial charge in [-0.25, -0.2) is 0 Å². The Hall–Kier alpha value is -1.28. The van der Waals surface area contributed by atoms with E-state index in [0.717, 1.165) is 5.75 Å². The second-order valence-corrected chi connectivity index (χ2v) is 3.47. The zero-order valence-corrected chi connectivity index (χ0v) is 7.45. The molecule has 0 amide bonds. The predicted molar refractivity (Wildman–Crippen MR) is 50.8 cm³/mol. The molecule has 0 aliphatic carbocycles. The molecule has 2 heteroatoms. The first-order valence-electron chi connectivity index (χ1n) is 4.51. The zero-order chi connectivity index (χ0) is 8.84. The molecular weight excluding hydrogens is 162 g/mol. The van der Waals surface area contributed by atoms with Crippen LogP contribution < -0.4 is 10.1 Å². The number of benzene rings is 1. The lowest BCUT2D eigenvalue weighted by molar-refractivity contribution is 0.408. The van der Waals surface area contributed by atoms with Crippen molar-refractivity contribution in [2.24, 2.45) is 0 Å². The van der Waals surface area contributed by atoms with Crippen LogP contribution in [-0.4, -0.2) is 7.11 Å². The standard InChI is InChI=1S/C11H11NO/c1-13-10-4-2-3-7-8-5-6-9(12-8)11(7)10/h2-6,8-9,12H,1H3. The summed E-state index contributed by atoms with van der Waals surface area (Å²) in [6.45, 7) is 0. The number of fused-ring (bicyclic) bond motifs is 5. The van der Waals surface area contributed by atoms with Crippen LogP contribution in [0.5, 0.6) is 5.75 Å². The Labute approximate surface area is 77.2 Å². The lowest BCUT2D eigenvalue weighted by Gasteiger charge is -2.12. The van der Waals surface area contributed by atoms with Crippen molar-refractivity contribution in [1.29, 1.82) is 0 Å². The van der Waals surface area contributed by atoms with Gasteiger partial charge in [0.25, 0.3) is 0 Å². The molecule has 66 valence electrons. The Kier molecular flexibility index (Phi) is 1.30. The van der Waals surface area contributed by atoms with Gasteiger partial charge >= 0.3 is 0 Å². The summed E-state index contributed by atoms with van der Waals surface area (Å²) in [5.74, 6) is 1.00. The fourth-order valence-corrected chi connectivity index (χ4v) is 2.24. The molecule has 2 bridgehead atoms. The van der Waals surface area contributed by atoms with Crippen molar-refractivity contribution in [3.05, 3.63) is 41.5 Å². The van der Waals surface area contributed by atoms with Gasteiger partial charge in [-0.1, -0.05) is 24.3 Å². The highest BCUT2D eigenvalue weighted by atomic mass is 16.5. The SMILES string of the molecule is COc1cccc2c1C1C=CC2N1. The average Bonchev–Trinajstić information content (AvgIpc) is 2.77. The molecule has 2 aliphatic rings. The molecule has 2 nitrogen and oxygen atoms in total. The Morgan fingerprint density at radius 3 is 2.92 bits per heavy atom. The summed E-state index contributed by atoms with van der Waals surface area (Å²) in [5, 5.41) is 3.48. The van der Waals surface area contributed by atoms with Crippen LogP contribution in [0.2, 0.25) is 0 Å². The van der Waals surface area contributed by atoms with E-state index in [9.17, 15) is 0 Å². The third-order valence-electron chi connectivity index (χ3n) is 2.82. The first-order valence-corrected chi connectivity index (χ1v) is 4.51. The molecule has 1 N–H and O–H groups in total. The molecule has 2 heterocycles. The average molecular weight is 173 g/mol. The lowest BCUT2D eigenvalue weighted by Crippen LogP contribution is -2.07. The van der Waals surface area contributed by atoms with Gasteiger partial charge in [0.2, 0.25) is 0 Å². The first kappa shape index (κ1) is 7.15. The van der Waals surface area contributed by atoms with Crippen LogP contribution >= 0.6 is 0 Å². The van der Waals surface area contributed by atoms with Gasteiger partial charge in [0.05, 0.1) is 19.2 Å². The third kappa shape index (κ3) is 0.810. The van der Waals surface area contributed by atoms with E-state index in [-0.39, 0.29) is 0 Å². The molecule has 2 aliphatic heterocycles. The molecule has 0 spiro atoms. The summed E-state index contributed by atoms with van der Waals surface area (Å²) in [5.41, 5.74) is 2.68. The van der Waals surface area contributed by atoms with Gasteiger partial charge in [-0.05, 0) is 11.6 Å². The largest absolute Gasteiger partial charge is 0.496 e. The van der Waals surface area contributed by atoms with Crippen molar-refractivity contribution in [3.8, 4) is 5.75 Å². The van der Waals surface area contributed by atoms with E-state index in [1.165, 1.54) is 11.1 Å². The Balaban J connectivity index is 2.23. The van der Waals surface area contributed by atoms with Crippen LogP contribution in [-0.2, 0) is 0 Å². The zero-order valence-electron chi connectivity index (χ0n) is 7.45. The van der Waals surface area contributed by atoms with Crippen LogP contribution in [0.1, 0.15) is 23.2 Å². The fraction of sp³-hybridized carbons (Fsp3) is 0.273. The minimum absolute atomic E-state index is 0.371. The number of methoxy groups -OCH3 is 1. The van der Waals surface area contributed by atoms with E-state index in [4.69, 9.17) is 4.74 Å². The quantitative estimate of drug-likeness (QED) is 0.655. The van der Waals surface area contributed by atoms with Crippen LogP contribution in [0, 0.1) is 0 Å². The second-order valence-electron chi connectivity index (χ2n) is 3.47. The molecule has 0 fully saturated rings. The van der Waals surface area contributed by atoms with Crippen molar-refractivity contribution >= 4 is 0 Å². The molecule has 1 aromatic carbocycles. The lowest BCUT2D eigenvalue weighted by atomic mass is 9.96. The van der Waals surface area contributed by atoms with Crippen molar-refractivity contribution in [3.63, 3.8) is 0 Å². The van der Waals surface area contributed by atoms with E-state index in [0.29, 0.717) is 12.1 Å². The van der Waals surface area contributed by atoms with Gasteiger partial charge in [0.15, 0.2) is 0 Å². The summed E-state index contributed by atoms with van der Waals surface area (Å²) in [6, 6.07) is 7.02. The number of rotatable bonds is 1. The molecule has 13 heavy (non-hydrogen) atoms. The molecular formula is C11H11NO. The molecule has 1 aromatic rings. The van der Waals surface area contributed by atoms with Gasteiger partial charge in [0, 0.05) is 5.56 Å². The van der Waals surface area contributed by atoms with Crippen molar-refractivity contribution < 1.29 is 4.74 Å². The molecule has 0 radical (unpaired) electrons. The van der Waals surface area contributed by atoms with Crippen LogP contribution in [0.25, 0.3) is 0 Å². The van der Waals surface area contributed by atoms with Gasteiger partial charge < -0.3 is 4.74 Å².